The van der Waals surface area contributed by atoms with Crippen LogP contribution in [-0.2, 0) is 0 Å². The minimum Gasteiger partial charge on any atom is -0.257 e. The van der Waals surface area contributed by atoms with Crippen LogP contribution in [0.5, 0.6) is 0 Å². The lowest BCUT2D eigenvalue weighted by atomic mass is 9.60. The fourth-order valence-electron chi connectivity index (χ4n) is 2.19. The molecule has 1 heteroatoms. The molecule has 3 aliphatic rings. The number of rotatable bonds is 0. The molecule has 0 saturated heterocycles. The van der Waals surface area contributed by atoms with Gasteiger partial charge in [-0.2, -0.15) is 0 Å². The van der Waals surface area contributed by atoms with E-state index < -0.39 is 0 Å². The molecule has 0 aromatic carbocycles. The lowest BCUT2D eigenvalue weighted by molar-refractivity contribution is 0.123. The average molecular weight is 161 g/mol. The van der Waals surface area contributed by atoms with Crippen molar-refractivity contribution < 1.29 is 0 Å². The van der Waals surface area contributed by atoms with Gasteiger partial charge >= 0.3 is 0 Å². The zero-order chi connectivity index (χ0) is 8.60. The van der Waals surface area contributed by atoms with E-state index in [0.717, 1.165) is 5.92 Å². The predicted molar refractivity (Wildman–Crippen MR) is 51.2 cm³/mol. The normalized spacial score (nSPS) is 43.5. The molecule has 2 heterocycles. The van der Waals surface area contributed by atoms with Crippen molar-refractivity contribution >= 4 is 5.71 Å². The molecule has 0 aromatic rings. The Balaban J connectivity index is 2.25. The van der Waals surface area contributed by atoms with Crippen molar-refractivity contribution in [2.75, 3.05) is 0 Å². The monoisotopic (exact) mass is 161 g/mol. The van der Waals surface area contributed by atoms with Crippen LogP contribution in [0.25, 0.3) is 0 Å². The van der Waals surface area contributed by atoms with E-state index in [1.165, 1.54) is 25.0 Å². The first-order valence-corrected chi connectivity index (χ1v) is 4.63. The van der Waals surface area contributed by atoms with Crippen LogP contribution in [0.1, 0.15) is 33.1 Å². The summed E-state index contributed by atoms with van der Waals surface area (Å²) < 4.78 is 0. The molecule has 0 amide bonds. The molecule has 0 atom stereocenters. The van der Waals surface area contributed by atoms with Crippen molar-refractivity contribution in [3.05, 3.63) is 18.0 Å². The van der Waals surface area contributed by atoms with Gasteiger partial charge in [-0.05, 0) is 43.6 Å². The number of hydrogen-bond acceptors (Lipinski definition) is 1. The van der Waals surface area contributed by atoms with Gasteiger partial charge in [0.2, 0.25) is 0 Å². The molecule has 1 saturated carbocycles. The van der Waals surface area contributed by atoms with Crippen molar-refractivity contribution in [2.24, 2.45) is 16.3 Å². The first-order valence-electron chi connectivity index (χ1n) is 4.63. The Morgan fingerprint density at radius 3 is 3.08 bits per heavy atom. The third-order valence-corrected chi connectivity index (χ3v) is 3.12. The van der Waals surface area contributed by atoms with Gasteiger partial charge in [0.05, 0.1) is 6.20 Å². The fraction of sp³-hybridized carbons (Fsp3) is 0.636. The minimum absolute atomic E-state index is 0.548. The van der Waals surface area contributed by atoms with E-state index in [1.54, 1.807) is 6.20 Å². The summed E-state index contributed by atoms with van der Waals surface area (Å²) in [5, 5.41) is 0. The Hall–Kier alpha value is -0.810. The highest BCUT2D eigenvalue weighted by Crippen LogP contribution is 2.48. The summed E-state index contributed by atoms with van der Waals surface area (Å²) in [6, 6.07) is 0. The summed E-state index contributed by atoms with van der Waals surface area (Å²) in [5.41, 5.74) is 4.94. The number of nitrogens with zero attached hydrogens (tertiary/aromatic N) is 1. The number of aliphatic imine (C=N–C) groups is 1. The summed E-state index contributed by atoms with van der Waals surface area (Å²) >= 11 is 0. The molecule has 2 bridgehead atoms. The second kappa shape index (κ2) is 2.60. The van der Waals surface area contributed by atoms with E-state index in [-0.39, 0.29) is 0 Å². The van der Waals surface area contributed by atoms with Crippen molar-refractivity contribution in [3.63, 3.8) is 0 Å². The van der Waals surface area contributed by atoms with Crippen molar-refractivity contribution in [1.82, 2.24) is 0 Å². The lowest BCUT2D eigenvalue weighted by Gasteiger charge is -2.44. The van der Waals surface area contributed by atoms with Gasteiger partial charge in [0.25, 0.3) is 0 Å². The third kappa shape index (κ3) is 1.25. The van der Waals surface area contributed by atoms with E-state index >= 15 is 0 Å². The second-order valence-electron chi connectivity index (χ2n) is 4.39. The maximum atomic E-state index is 4.34. The van der Waals surface area contributed by atoms with Crippen LogP contribution < -0.4 is 0 Å². The van der Waals surface area contributed by atoms with Crippen molar-refractivity contribution in [2.45, 2.75) is 33.1 Å². The van der Waals surface area contributed by atoms with Gasteiger partial charge in [0, 0.05) is 5.71 Å². The first kappa shape index (κ1) is 7.82. The highest BCUT2D eigenvalue weighted by Gasteiger charge is 2.40. The molecule has 1 aliphatic carbocycles. The van der Waals surface area contributed by atoms with E-state index in [4.69, 9.17) is 0 Å². The van der Waals surface area contributed by atoms with Crippen LogP contribution in [0.3, 0.4) is 0 Å². The van der Waals surface area contributed by atoms with Gasteiger partial charge in [-0.3, -0.25) is 4.99 Å². The molecule has 0 spiro atoms. The summed E-state index contributed by atoms with van der Waals surface area (Å²) in [5.74, 6) is 0.750. The maximum absolute atomic E-state index is 4.34. The maximum Gasteiger partial charge on any atom is 0.0682 e. The van der Waals surface area contributed by atoms with Crippen LogP contribution in [-0.4, -0.2) is 5.71 Å². The standard InChI is InChI=1S/C11H15N/c1-9-10-7-11(2,8-10)5-3-4-6-12-9/h3,6,10H,5,7-8H2,1-2H3/b12-9-. The molecule has 3 rings (SSSR count). The highest BCUT2D eigenvalue weighted by molar-refractivity contribution is 5.85. The number of hydrogen-bond donors (Lipinski definition) is 0. The molecular weight excluding hydrogens is 146 g/mol. The van der Waals surface area contributed by atoms with Crippen LogP contribution in [0.4, 0.5) is 0 Å². The van der Waals surface area contributed by atoms with Crippen molar-refractivity contribution in [3.8, 4) is 0 Å². The molecule has 2 aliphatic heterocycles. The average Bonchev–Trinajstić information content (AvgIpc) is 2.06. The van der Waals surface area contributed by atoms with Gasteiger partial charge < -0.3 is 0 Å². The lowest BCUT2D eigenvalue weighted by Crippen LogP contribution is -2.37. The molecule has 1 nitrogen and oxygen atoms in total. The Bertz CT molecular complexity index is 273. The molecule has 0 N–H and O–H groups in total. The SMILES string of the molecule is C/C1=N/C=C=CCC2(C)CC1C2. The van der Waals surface area contributed by atoms with E-state index in [0.29, 0.717) is 5.41 Å². The quantitative estimate of drug-likeness (QED) is 0.484. The molecule has 12 heavy (non-hydrogen) atoms. The van der Waals surface area contributed by atoms with Gasteiger partial charge in [0.1, 0.15) is 0 Å². The zero-order valence-electron chi connectivity index (χ0n) is 7.80. The third-order valence-electron chi connectivity index (χ3n) is 3.12. The summed E-state index contributed by atoms with van der Waals surface area (Å²) in [6.45, 7) is 4.49. The minimum atomic E-state index is 0.548. The van der Waals surface area contributed by atoms with Crippen LogP contribution in [0, 0.1) is 11.3 Å². The van der Waals surface area contributed by atoms with Gasteiger partial charge in [0.15, 0.2) is 0 Å². The molecule has 0 unspecified atom stereocenters. The first-order chi connectivity index (χ1) is 5.70. The topological polar surface area (TPSA) is 12.4 Å². The molecule has 64 valence electrons. The highest BCUT2D eigenvalue weighted by atomic mass is 14.7. The summed E-state index contributed by atoms with van der Waals surface area (Å²) in [6.07, 6.45) is 7.73. The van der Waals surface area contributed by atoms with Crippen LogP contribution in [0.15, 0.2) is 23.0 Å². The fourth-order valence-corrected chi connectivity index (χ4v) is 2.19. The van der Waals surface area contributed by atoms with E-state index in [9.17, 15) is 0 Å². The molecule has 0 aromatic heterocycles. The molecule has 1 fully saturated rings. The van der Waals surface area contributed by atoms with Gasteiger partial charge in [-0.1, -0.05) is 6.92 Å². The largest absolute Gasteiger partial charge is 0.257 e. The Labute approximate surface area is 73.9 Å². The van der Waals surface area contributed by atoms with E-state index in [2.05, 4.69) is 30.6 Å². The second-order valence-corrected chi connectivity index (χ2v) is 4.39. The van der Waals surface area contributed by atoms with E-state index in [1.807, 2.05) is 0 Å². The molecular formula is C11H15N. The summed E-state index contributed by atoms with van der Waals surface area (Å²) in [4.78, 5) is 4.34. The predicted octanol–water partition coefficient (Wildman–Crippen LogP) is 2.94. The van der Waals surface area contributed by atoms with Gasteiger partial charge in [-0.25, -0.2) is 0 Å². The Morgan fingerprint density at radius 2 is 2.33 bits per heavy atom. The van der Waals surface area contributed by atoms with Crippen LogP contribution >= 0.6 is 0 Å². The molecule has 0 radical (unpaired) electrons. The van der Waals surface area contributed by atoms with Crippen LogP contribution in [0.2, 0.25) is 0 Å². The zero-order valence-corrected chi connectivity index (χ0v) is 7.80. The Kier molecular flexibility index (Phi) is 1.69. The van der Waals surface area contributed by atoms with Gasteiger partial charge in [-0.15, -0.1) is 5.73 Å². The Morgan fingerprint density at radius 1 is 1.58 bits per heavy atom. The smallest absolute Gasteiger partial charge is 0.0682 e. The number of allylic oxidation sites excluding steroid dienone is 1. The number of fused-ring (bicyclic) bond motifs is 2. The summed E-state index contributed by atoms with van der Waals surface area (Å²) in [7, 11) is 0. The van der Waals surface area contributed by atoms with Crippen molar-refractivity contribution in [1.29, 1.82) is 0 Å².